The van der Waals surface area contributed by atoms with Crippen LogP contribution in [0.1, 0.15) is 43.0 Å². The number of amides is 5. The van der Waals surface area contributed by atoms with E-state index in [0.29, 0.717) is 22.5 Å². The van der Waals surface area contributed by atoms with E-state index in [-0.39, 0.29) is 0 Å². The van der Waals surface area contributed by atoms with Gasteiger partial charge in [-0.25, -0.2) is 4.79 Å². The van der Waals surface area contributed by atoms with Crippen molar-refractivity contribution in [3.8, 4) is 10.9 Å². The zero-order valence-corrected chi connectivity index (χ0v) is 18.6. The Morgan fingerprint density at radius 2 is 1.62 bits per heavy atom. The van der Waals surface area contributed by atoms with Crippen LogP contribution in [0.5, 0.6) is 10.9 Å². The zero-order valence-electron chi connectivity index (χ0n) is 17.7. The van der Waals surface area contributed by atoms with Gasteiger partial charge in [0.25, 0.3) is 17.0 Å². The molecule has 0 spiro atoms. The third-order valence-electron chi connectivity index (χ3n) is 5.69. The maximum Gasteiger partial charge on any atom is 0.332 e. The van der Waals surface area contributed by atoms with Crippen LogP contribution in [-0.4, -0.2) is 57.8 Å². The third kappa shape index (κ3) is 4.33. The van der Waals surface area contributed by atoms with Gasteiger partial charge in [-0.15, -0.1) is 5.10 Å². The van der Waals surface area contributed by atoms with Crippen LogP contribution in [0.25, 0.3) is 0 Å². The van der Waals surface area contributed by atoms with E-state index in [1.165, 1.54) is 44.7 Å². The minimum atomic E-state index is -1.61. The largest absolute Gasteiger partial charge is 0.430 e. The number of rotatable bonds is 5. The van der Waals surface area contributed by atoms with E-state index in [9.17, 15) is 19.2 Å². The number of carbonyl (C=O) groups is 4. The number of carbonyl (C=O) groups excluding carboxylic acids is 4. The molecule has 2 heterocycles. The number of barbiturate groups is 1. The van der Waals surface area contributed by atoms with Crippen molar-refractivity contribution in [1.82, 2.24) is 20.0 Å². The molecule has 2 aromatic rings. The van der Waals surface area contributed by atoms with Crippen molar-refractivity contribution in [2.45, 2.75) is 38.0 Å². The van der Waals surface area contributed by atoms with Gasteiger partial charge in [-0.3, -0.25) is 24.2 Å². The highest BCUT2D eigenvalue weighted by Gasteiger charge is 2.46. The van der Waals surface area contributed by atoms with Gasteiger partial charge in [-0.1, -0.05) is 35.7 Å². The number of anilines is 1. The van der Waals surface area contributed by atoms with Gasteiger partial charge in [0.1, 0.15) is 10.8 Å². The summed E-state index contributed by atoms with van der Waals surface area (Å²) in [7, 11) is 2.46. The number of imide groups is 2. The molecule has 0 bridgehead atoms. The second-order valence-electron chi connectivity index (χ2n) is 7.87. The number of aromatic nitrogens is 2. The second kappa shape index (κ2) is 9.03. The standard InChI is InChI=1S/C21H23N5O5S/c1-25-18(28)15(19(29)26(2)21(25)30)16(27)22-13-8-10-14(11-9-13)31-20-24-23-17(32-20)12-6-4-3-5-7-12/h8-12,15H,3-7H2,1-2H3,(H,22,27). The molecule has 0 unspecified atom stereocenters. The Hall–Kier alpha value is -3.34. The lowest BCUT2D eigenvalue weighted by Crippen LogP contribution is -2.59. The van der Waals surface area contributed by atoms with Crippen molar-refractivity contribution in [1.29, 1.82) is 0 Å². The first-order valence-electron chi connectivity index (χ1n) is 10.4. The van der Waals surface area contributed by atoms with Gasteiger partial charge < -0.3 is 10.1 Å². The van der Waals surface area contributed by atoms with E-state index in [4.69, 9.17) is 4.74 Å². The van der Waals surface area contributed by atoms with Crippen LogP contribution in [0.4, 0.5) is 10.5 Å². The lowest BCUT2D eigenvalue weighted by molar-refractivity contribution is -0.151. The van der Waals surface area contributed by atoms with Crippen LogP contribution < -0.4 is 10.1 Å². The number of hydrogen-bond donors (Lipinski definition) is 1. The van der Waals surface area contributed by atoms with Crippen molar-refractivity contribution in [3.05, 3.63) is 29.3 Å². The van der Waals surface area contributed by atoms with Gasteiger partial charge in [0, 0.05) is 25.7 Å². The highest BCUT2D eigenvalue weighted by molar-refractivity contribution is 7.13. The van der Waals surface area contributed by atoms with Crippen molar-refractivity contribution in [3.63, 3.8) is 0 Å². The van der Waals surface area contributed by atoms with Crippen LogP contribution in [0.2, 0.25) is 0 Å². The average Bonchev–Trinajstić information content (AvgIpc) is 3.27. The number of benzene rings is 1. The molecule has 5 amide bonds. The Balaban J connectivity index is 1.38. The molecular formula is C21H23N5O5S. The van der Waals surface area contributed by atoms with Gasteiger partial charge in [-0.2, -0.15) is 0 Å². The predicted molar refractivity (Wildman–Crippen MR) is 115 cm³/mol. The molecule has 2 aliphatic rings. The Kier molecular flexibility index (Phi) is 6.17. The highest BCUT2D eigenvalue weighted by Crippen LogP contribution is 2.37. The summed E-state index contributed by atoms with van der Waals surface area (Å²) < 4.78 is 5.77. The van der Waals surface area contributed by atoms with Crippen molar-refractivity contribution < 1.29 is 23.9 Å². The van der Waals surface area contributed by atoms with Crippen LogP contribution in [-0.2, 0) is 14.4 Å². The van der Waals surface area contributed by atoms with Crippen LogP contribution >= 0.6 is 11.3 Å². The number of ether oxygens (including phenoxy) is 1. The Morgan fingerprint density at radius 3 is 2.25 bits per heavy atom. The molecule has 1 aliphatic carbocycles. The van der Waals surface area contributed by atoms with E-state index >= 15 is 0 Å². The van der Waals surface area contributed by atoms with E-state index in [0.717, 1.165) is 27.6 Å². The molecule has 0 radical (unpaired) electrons. The molecule has 32 heavy (non-hydrogen) atoms. The third-order valence-corrected chi connectivity index (χ3v) is 6.66. The minimum Gasteiger partial charge on any atom is -0.430 e. The van der Waals surface area contributed by atoms with Crippen LogP contribution in [0.3, 0.4) is 0 Å². The molecular weight excluding hydrogens is 434 g/mol. The fourth-order valence-corrected chi connectivity index (χ4v) is 4.71. The topological polar surface area (TPSA) is 122 Å². The van der Waals surface area contributed by atoms with Gasteiger partial charge in [-0.05, 0) is 37.1 Å². The molecule has 2 fully saturated rings. The molecule has 11 heteroatoms. The van der Waals surface area contributed by atoms with Crippen molar-refractivity contribution >= 4 is 40.8 Å². The molecule has 1 saturated heterocycles. The summed E-state index contributed by atoms with van der Waals surface area (Å²) >= 11 is 1.44. The monoisotopic (exact) mass is 457 g/mol. The number of hydrogen-bond acceptors (Lipinski definition) is 8. The summed E-state index contributed by atoms with van der Waals surface area (Å²) in [6.45, 7) is 0. The highest BCUT2D eigenvalue weighted by atomic mass is 32.1. The SMILES string of the molecule is CN1C(=O)C(C(=O)Nc2ccc(Oc3nnc(C4CCCCC4)s3)cc2)C(=O)N(C)C1=O. The number of nitrogens with one attached hydrogen (secondary N) is 1. The van der Waals surface area contributed by atoms with Gasteiger partial charge >= 0.3 is 6.03 Å². The smallest absolute Gasteiger partial charge is 0.332 e. The average molecular weight is 458 g/mol. The number of urea groups is 1. The molecule has 10 nitrogen and oxygen atoms in total. The van der Waals surface area contributed by atoms with Crippen molar-refractivity contribution in [2.75, 3.05) is 19.4 Å². The summed E-state index contributed by atoms with van der Waals surface area (Å²) in [6, 6.07) is 5.70. The first-order chi connectivity index (χ1) is 15.3. The Bertz CT molecular complexity index is 1020. The molecule has 1 aromatic heterocycles. The van der Waals surface area contributed by atoms with E-state index < -0.39 is 29.7 Å². The summed E-state index contributed by atoms with van der Waals surface area (Å²) in [6.07, 6.45) is 5.97. The Morgan fingerprint density at radius 1 is 1.00 bits per heavy atom. The lowest BCUT2D eigenvalue weighted by Gasteiger charge is -2.32. The van der Waals surface area contributed by atoms with Gasteiger partial charge in [0.05, 0.1) is 0 Å². The van der Waals surface area contributed by atoms with E-state index in [1.807, 2.05) is 0 Å². The van der Waals surface area contributed by atoms with Crippen molar-refractivity contribution in [2.24, 2.45) is 5.92 Å². The normalized spacial score (nSPS) is 18.2. The summed E-state index contributed by atoms with van der Waals surface area (Å²) in [5.41, 5.74) is 0.380. The van der Waals surface area contributed by atoms with E-state index in [1.54, 1.807) is 24.3 Å². The van der Waals surface area contributed by atoms with Gasteiger partial charge in [0.15, 0.2) is 5.92 Å². The van der Waals surface area contributed by atoms with Crippen LogP contribution in [0, 0.1) is 5.92 Å². The fraction of sp³-hybridized carbons (Fsp3) is 0.429. The fourth-order valence-electron chi connectivity index (χ4n) is 3.83. The maximum atomic E-state index is 12.5. The number of nitrogens with zero attached hydrogens (tertiary/aromatic N) is 4. The zero-order chi connectivity index (χ0) is 22.8. The molecule has 1 N–H and O–H groups in total. The second-order valence-corrected chi connectivity index (χ2v) is 8.84. The first kappa shape index (κ1) is 21.9. The van der Waals surface area contributed by atoms with Gasteiger partial charge in [0.2, 0.25) is 5.91 Å². The molecule has 1 aliphatic heterocycles. The summed E-state index contributed by atoms with van der Waals surface area (Å²) in [5, 5.41) is 12.4. The molecule has 1 saturated carbocycles. The summed E-state index contributed by atoms with van der Waals surface area (Å²) in [4.78, 5) is 50.4. The van der Waals surface area contributed by atoms with Crippen LogP contribution in [0.15, 0.2) is 24.3 Å². The molecule has 0 atom stereocenters. The molecule has 4 rings (SSSR count). The first-order valence-corrected chi connectivity index (χ1v) is 11.2. The van der Waals surface area contributed by atoms with E-state index in [2.05, 4.69) is 15.5 Å². The predicted octanol–water partition coefficient (Wildman–Crippen LogP) is 2.98. The summed E-state index contributed by atoms with van der Waals surface area (Å²) in [5.74, 6) is -3.17. The lowest BCUT2D eigenvalue weighted by atomic mass is 9.90. The molecule has 168 valence electrons. The quantitative estimate of drug-likeness (QED) is 0.685. The minimum absolute atomic E-state index is 0.380. The maximum absolute atomic E-state index is 12.5. The Labute approximate surface area is 188 Å². The molecule has 1 aromatic carbocycles.